The van der Waals surface area contributed by atoms with Crippen LogP contribution in [-0.4, -0.2) is 36.8 Å². The van der Waals surface area contributed by atoms with Gasteiger partial charge in [-0.3, -0.25) is 9.44 Å². The molecule has 0 unspecified atom stereocenters. The summed E-state index contributed by atoms with van der Waals surface area (Å²) in [6.07, 6.45) is -4.64. The van der Waals surface area contributed by atoms with Gasteiger partial charge in [-0.15, -0.1) is 0 Å². The van der Waals surface area contributed by atoms with Crippen LogP contribution in [0.3, 0.4) is 0 Å². The Balaban J connectivity index is 1.04. The molecule has 0 amide bonds. The molecule has 288 valence electrons. The number of para-hydroxylation sites is 1. The Bertz CT molecular complexity index is 3120. The Morgan fingerprint density at radius 1 is 0.579 bits per heavy atom. The lowest BCUT2D eigenvalue weighted by Gasteiger charge is -2.13. The molecule has 2 aromatic heterocycles. The van der Waals surface area contributed by atoms with Gasteiger partial charge in [-0.05, 0) is 78.4 Å². The molecule has 0 bridgehead atoms. The molecule has 0 saturated carbocycles. The summed E-state index contributed by atoms with van der Waals surface area (Å²) in [4.78, 5) is 14.1. The standard InChI is InChI=1S/C39H24Cl2F4N6O4S2/c40-28-9-3-4-10-30(28)50-56(52,53)22-13-17-32-35(19-22)49-38(47-32)26-15-12-21(18-29(26)42)24-7-5-11-33(36(24)41)51-57(54,55)23-14-16-31-34(20-23)48-37(46-31)25-6-1-2-8-27(25)39(43,44)45/h1-20,50-51H,(H,46,48)(H,47,49). The van der Waals surface area contributed by atoms with Gasteiger partial charge in [-0.2, -0.15) is 13.2 Å². The normalized spacial score (nSPS) is 12.3. The van der Waals surface area contributed by atoms with Crippen molar-refractivity contribution in [3.8, 4) is 33.9 Å². The van der Waals surface area contributed by atoms with Crippen LogP contribution >= 0.6 is 23.2 Å². The molecule has 0 aliphatic heterocycles. The summed E-state index contributed by atoms with van der Waals surface area (Å²) >= 11 is 12.8. The van der Waals surface area contributed by atoms with Crippen molar-refractivity contribution in [1.29, 1.82) is 0 Å². The van der Waals surface area contributed by atoms with Gasteiger partial charge in [0.15, 0.2) is 0 Å². The molecule has 0 fully saturated rings. The predicted octanol–water partition coefficient (Wildman–Crippen LogP) is 10.5. The van der Waals surface area contributed by atoms with Crippen LogP contribution in [0.5, 0.6) is 0 Å². The molecule has 0 atom stereocenters. The topological polar surface area (TPSA) is 150 Å². The van der Waals surface area contributed by atoms with Crippen molar-refractivity contribution in [3.05, 3.63) is 143 Å². The van der Waals surface area contributed by atoms with Crippen LogP contribution < -0.4 is 9.44 Å². The van der Waals surface area contributed by atoms with Crippen LogP contribution in [0, 0.1) is 5.82 Å². The van der Waals surface area contributed by atoms with E-state index in [0.29, 0.717) is 22.2 Å². The average molecular weight is 852 g/mol. The van der Waals surface area contributed by atoms with Crippen molar-refractivity contribution in [1.82, 2.24) is 19.9 Å². The van der Waals surface area contributed by atoms with E-state index in [1.807, 2.05) is 0 Å². The Morgan fingerprint density at radius 3 is 1.74 bits per heavy atom. The number of anilines is 2. The summed E-state index contributed by atoms with van der Waals surface area (Å²) in [6, 6.07) is 28.1. The molecule has 0 saturated heterocycles. The number of fused-ring (bicyclic) bond motifs is 2. The van der Waals surface area contributed by atoms with E-state index in [4.69, 9.17) is 23.2 Å². The second kappa shape index (κ2) is 14.2. The molecule has 2 heterocycles. The molecule has 18 heteroatoms. The highest BCUT2D eigenvalue weighted by Crippen LogP contribution is 2.39. The summed E-state index contributed by atoms with van der Waals surface area (Å²) in [5, 5.41) is 0.184. The fourth-order valence-electron chi connectivity index (χ4n) is 6.16. The second-order valence-electron chi connectivity index (χ2n) is 12.6. The van der Waals surface area contributed by atoms with Crippen molar-refractivity contribution in [2.45, 2.75) is 16.0 Å². The lowest BCUT2D eigenvalue weighted by atomic mass is 10.0. The molecule has 0 radical (unpaired) electrons. The Morgan fingerprint density at radius 2 is 1.12 bits per heavy atom. The van der Waals surface area contributed by atoms with Gasteiger partial charge in [-0.1, -0.05) is 71.7 Å². The molecule has 8 rings (SSSR count). The minimum Gasteiger partial charge on any atom is -0.338 e. The average Bonchev–Trinajstić information content (AvgIpc) is 3.80. The number of H-pyrrole nitrogens is 2. The number of sulfonamides is 2. The molecule has 0 aliphatic rings. The van der Waals surface area contributed by atoms with E-state index in [0.717, 1.165) is 6.07 Å². The van der Waals surface area contributed by atoms with E-state index < -0.39 is 37.6 Å². The minimum absolute atomic E-state index is 0.0183. The van der Waals surface area contributed by atoms with Gasteiger partial charge in [0, 0.05) is 11.1 Å². The monoisotopic (exact) mass is 850 g/mol. The van der Waals surface area contributed by atoms with Gasteiger partial charge in [0.2, 0.25) is 0 Å². The number of alkyl halides is 3. The Hall–Kier alpha value is -5.94. The van der Waals surface area contributed by atoms with Gasteiger partial charge in [0.05, 0.1) is 64.4 Å². The van der Waals surface area contributed by atoms with E-state index in [-0.39, 0.29) is 65.0 Å². The van der Waals surface area contributed by atoms with E-state index in [9.17, 15) is 30.0 Å². The maximum absolute atomic E-state index is 15.7. The zero-order chi connectivity index (χ0) is 40.3. The summed E-state index contributed by atoms with van der Waals surface area (Å²) < 4.78 is 115. The molecular formula is C39H24Cl2F4N6O4S2. The maximum atomic E-state index is 15.7. The highest BCUT2D eigenvalue weighted by atomic mass is 35.5. The smallest absolute Gasteiger partial charge is 0.338 e. The van der Waals surface area contributed by atoms with Crippen molar-refractivity contribution in [3.63, 3.8) is 0 Å². The predicted molar refractivity (Wildman–Crippen MR) is 212 cm³/mol. The van der Waals surface area contributed by atoms with Crippen LogP contribution in [0.25, 0.3) is 56.0 Å². The van der Waals surface area contributed by atoms with Crippen molar-refractivity contribution >= 4 is 76.7 Å². The largest absolute Gasteiger partial charge is 0.417 e. The van der Waals surface area contributed by atoms with Crippen LogP contribution in [-0.2, 0) is 26.2 Å². The zero-order valence-electron chi connectivity index (χ0n) is 28.7. The first-order valence-corrected chi connectivity index (χ1v) is 20.3. The number of benzene rings is 6. The molecule has 0 spiro atoms. The lowest BCUT2D eigenvalue weighted by Crippen LogP contribution is -2.13. The summed E-state index contributed by atoms with van der Waals surface area (Å²) in [6.45, 7) is 0. The Kier molecular flexibility index (Phi) is 9.47. The first-order valence-electron chi connectivity index (χ1n) is 16.6. The van der Waals surface area contributed by atoms with Crippen molar-refractivity contribution in [2.24, 2.45) is 0 Å². The first kappa shape index (κ1) is 38.0. The summed E-state index contributed by atoms with van der Waals surface area (Å²) in [5.74, 6) is -0.661. The number of nitrogens with zero attached hydrogens (tertiary/aromatic N) is 2. The second-order valence-corrected chi connectivity index (χ2v) is 16.8. The van der Waals surface area contributed by atoms with Gasteiger partial charge in [0.1, 0.15) is 17.5 Å². The molecule has 0 aliphatic carbocycles. The molecule has 8 aromatic rings. The van der Waals surface area contributed by atoms with Gasteiger partial charge in [-0.25, -0.2) is 31.2 Å². The fraction of sp³-hybridized carbons (Fsp3) is 0.0256. The highest BCUT2D eigenvalue weighted by molar-refractivity contribution is 7.93. The summed E-state index contributed by atoms with van der Waals surface area (Å²) in [7, 11) is -8.34. The van der Waals surface area contributed by atoms with Crippen molar-refractivity contribution in [2.75, 3.05) is 9.44 Å². The fourth-order valence-corrected chi connectivity index (χ4v) is 8.94. The maximum Gasteiger partial charge on any atom is 0.417 e. The zero-order valence-corrected chi connectivity index (χ0v) is 31.8. The van der Waals surface area contributed by atoms with E-state index in [1.54, 1.807) is 30.3 Å². The van der Waals surface area contributed by atoms with Crippen LogP contribution in [0.15, 0.2) is 131 Å². The third-order valence-electron chi connectivity index (χ3n) is 8.91. The van der Waals surface area contributed by atoms with E-state index in [2.05, 4.69) is 29.4 Å². The Labute approximate surface area is 331 Å². The van der Waals surface area contributed by atoms with Crippen LogP contribution in [0.1, 0.15) is 5.56 Å². The number of nitrogens with one attached hydrogen (secondary N) is 4. The molecule has 6 aromatic carbocycles. The molecule has 4 N–H and O–H groups in total. The van der Waals surface area contributed by atoms with E-state index in [1.165, 1.54) is 84.9 Å². The summed E-state index contributed by atoms with van der Waals surface area (Å²) in [5.41, 5.74) is 0.906. The molecular weight excluding hydrogens is 827 g/mol. The number of aromatic nitrogens is 4. The number of hydrogen-bond donors (Lipinski definition) is 4. The lowest BCUT2D eigenvalue weighted by molar-refractivity contribution is -0.137. The van der Waals surface area contributed by atoms with Crippen LogP contribution in [0.4, 0.5) is 28.9 Å². The third-order valence-corrected chi connectivity index (χ3v) is 12.4. The molecule has 10 nitrogen and oxygen atoms in total. The number of aromatic amines is 2. The molecule has 57 heavy (non-hydrogen) atoms. The number of hydrogen-bond acceptors (Lipinski definition) is 6. The number of halogens is 6. The minimum atomic E-state index is -4.64. The highest BCUT2D eigenvalue weighted by Gasteiger charge is 2.34. The number of rotatable bonds is 9. The quantitative estimate of drug-likeness (QED) is 0.106. The van der Waals surface area contributed by atoms with Gasteiger partial charge < -0.3 is 9.97 Å². The van der Waals surface area contributed by atoms with Crippen molar-refractivity contribution < 1.29 is 34.4 Å². The number of imidazole rings is 2. The SMILES string of the molecule is O=S(=O)(Nc1ccccc1Cl)c1ccc2nc(-c3ccc(-c4cccc(NS(=O)(=O)c5ccc6nc(-c7ccccc7C(F)(F)F)[nH]c6c5)c4Cl)cc3F)[nH]c2c1. The van der Waals surface area contributed by atoms with Gasteiger partial charge >= 0.3 is 6.18 Å². The third kappa shape index (κ3) is 7.39. The van der Waals surface area contributed by atoms with Crippen LogP contribution in [0.2, 0.25) is 10.0 Å². The first-order chi connectivity index (χ1) is 27.1. The van der Waals surface area contributed by atoms with Gasteiger partial charge in [0.25, 0.3) is 20.0 Å². The van der Waals surface area contributed by atoms with E-state index >= 15 is 4.39 Å².